The molecule has 1 heterocycles. The van der Waals surface area contributed by atoms with E-state index in [2.05, 4.69) is 11.3 Å². The zero-order valence-corrected chi connectivity index (χ0v) is 9.07. The van der Waals surface area contributed by atoms with E-state index in [-0.39, 0.29) is 18.3 Å². The number of rotatable bonds is 3. The third-order valence-corrected chi connectivity index (χ3v) is 2.62. The predicted octanol–water partition coefficient (Wildman–Crippen LogP) is 1.12. The fraction of sp³-hybridized carbons (Fsp3) is 0.636. The molecule has 4 heteroatoms. The molecular formula is C11H17NO3. The summed E-state index contributed by atoms with van der Waals surface area (Å²) in [5.41, 5.74) is 0. The summed E-state index contributed by atoms with van der Waals surface area (Å²) < 4.78 is 4.69. The van der Waals surface area contributed by atoms with E-state index >= 15 is 0 Å². The second-order valence-corrected chi connectivity index (χ2v) is 3.61. The normalized spacial score (nSPS) is 20.9. The predicted molar refractivity (Wildman–Crippen MR) is 56.2 cm³/mol. The van der Waals surface area contributed by atoms with E-state index in [1.54, 1.807) is 11.0 Å². The number of likely N-dealkylation sites (tertiary alicyclic amines) is 1. The minimum atomic E-state index is -0.392. The molecule has 84 valence electrons. The molecule has 0 spiro atoms. The van der Waals surface area contributed by atoms with Gasteiger partial charge in [-0.1, -0.05) is 6.08 Å². The highest BCUT2D eigenvalue weighted by Gasteiger charge is 2.31. The summed E-state index contributed by atoms with van der Waals surface area (Å²) in [4.78, 5) is 24.7. The van der Waals surface area contributed by atoms with E-state index < -0.39 is 6.04 Å². The number of ether oxygens (including phenoxy) is 1. The number of esters is 1. The van der Waals surface area contributed by atoms with Gasteiger partial charge in [-0.3, -0.25) is 4.79 Å². The SMILES string of the molecule is C=CCC(=O)N1CCCC[C@H]1C(=O)OC. The molecule has 0 aliphatic carbocycles. The first-order chi connectivity index (χ1) is 7.20. The number of amides is 1. The Morgan fingerprint density at radius 1 is 1.53 bits per heavy atom. The van der Waals surface area contributed by atoms with Gasteiger partial charge in [0.25, 0.3) is 0 Å². The van der Waals surface area contributed by atoms with Crippen LogP contribution in [0.5, 0.6) is 0 Å². The summed E-state index contributed by atoms with van der Waals surface area (Å²) in [6.07, 6.45) is 4.47. The van der Waals surface area contributed by atoms with Crippen molar-refractivity contribution in [3.8, 4) is 0 Å². The molecule has 0 aromatic rings. The zero-order chi connectivity index (χ0) is 11.3. The number of hydrogen-bond acceptors (Lipinski definition) is 3. The van der Waals surface area contributed by atoms with Gasteiger partial charge in [0.05, 0.1) is 7.11 Å². The van der Waals surface area contributed by atoms with Gasteiger partial charge in [0.15, 0.2) is 0 Å². The minimum Gasteiger partial charge on any atom is -0.467 e. The summed E-state index contributed by atoms with van der Waals surface area (Å²) >= 11 is 0. The maximum absolute atomic E-state index is 11.7. The minimum absolute atomic E-state index is 0.0416. The van der Waals surface area contributed by atoms with Gasteiger partial charge in [0.2, 0.25) is 5.91 Å². The second-order valence-electron chi connectivity index (χ2n) is 3.61. The molecule has 1 atom stereocenters. The second kappa shape index (κ2) is 5.53. The fourth-order valence-electron chi connectivity index (χ4n) is 1.85. The van der Waals surface area contributed by atoms with Gasteiger partial charge in [-0.05, 0) is 19.3 Å². The lowest BCUT2D eigenvalue weighted by Gasteiger charge is -2.33. The monoisotopic (exact) mass is 211 g/mol. The first kappa shape index (κ1) is 11.8. The van der Waals surface area contributed by atoms with Crippen molar-refractivity contribution in [1.82, 2.24) is 4.90 Å². The number of carbonyl (C=O) groups excluding carboxylic acids is 2. The highest BCUT2D eigenvalue weighted by Crippen LogP contribution is 2.18. The molecule has 0 aromatic heterocycles. The van der Waals surface area contributed by atoms with Gasteiger partial charge in [-0.15, -0.1) is 6.58 Å². The molecule has 15 heavy (non-hydrogen) atoms. The standard InChI is InChI=1S/C11H17NO3/c1-3-6-10(13)12-8-5-4-7-9(12)11(14)15-2/h3,9H,1,4-8H2,2H3/t9-/m0/s1. The molecule has 1 fully saturated rings. The summed E-state index contributed by atoms with van der Waals surface area (Å²) in [5, 5.41) is 0. The van der Waals surface area contributed by atoms with Crippen molar-refractivity contribution >= 4 is 11.9 Å². The highest BCUT2D eigenvalue weighted by molar-refractivity contribution is 5.85. The van der Waals surface area contributed by atoms with E-state index in [0.29, 0.717) is 13.0 Å². The Morgan fingerprint density at radius 3 is 2.87 bits per heavy atom. The highest BCUT2D eigenvalue weighted by atomic mass is 16.5. The van der Waals surface area contributed by atoms with Crippen LogP contribution < -0.4 is 0 Å². The van der Waals surface area contributed by atoms with E-state index in [9.17, 15) is 9.59 Å². The third kappa shape index (κ3) is 2.81. The first-order valence-electron chi connectivity index (χ1n) is 5.19. The van der Waals surface area contributed by atoms with Crippen LogP contribution in [0.2, 0.25) is 0 Å². The van der Waals surface area contributed by atoms with Crippen molar-refractivity contribution in [2.75, 3.05) is 13.7 Å². The maximum atomic E-state index is 11.7. The lowest BCUT2D eigenvalue weighted by atomic mass is 10.0. The average Bonchev–Trinajstić information content (AvgIpc) is 2.28. The quantitative estimate of drug-likeness (QED) is 0.519. The molecular weight excluding hydrogens is 194 g/mol. The van der Waals surface area contributed by atoms with Crippen molar-refractivity contribution in [3.05, 3.63) is 12.7 Å². The molecule has 1 amide bonds. The summed E-state index contributed by atoms with van der Waals surface area (Å²) in [5.74, 6) is -0.354. The molecule has 0 saturated carbocycles. The van der Waals surface area contributed by atoms with Gasteiger partial charge in [0, 0.05) is 13.0 Å². The van der Waals surface area contributed by atoms with E-state index in [0.717, 1.165) is 12.8 Å². The van der Waals surface area contributed by atoms with Crippen molar-refractivity contribution in [2.45, 2.75) is 31.7 Å². The van der Waals surface area contributed by atoms with Crippen LogP contribution in [0.3, 0.4) is 0 Å². The Kier molecular flexibility index (Phi) is 4.34. The average molecular weight is 211 g/mol. The van der Waals surface area contributed by atoms with Crippen LogP contribution in [-0.2, 0) is 14.3 Å². The molecule has 1 aliphatic heterocycles. The third-order valence-electron chi connectivity index (χ3n) is 2.62. The zero-order valence-electron chi connectivity index (χ0n) is 9.07. The Morgan fingerprint density at radius 2 is 2.27 bits per heavy atom. The molecule has 0 N–H and O–H groups in total. The van der Waals surface area contributed by atoms with E-state index in [4.69, 9.17) is 0 Å². The van der Waals surface area contributed by atoms with Crippen molar-refractivity contribution in [3.63, 3.8) is 0 Å². The molecule has 0 bridgehead atoms. The van der Waals surface area contributed by atoms with E-state index in [1.807, 2.05) is 0 Å². The number of carbonyl (C=O) groups is 2. The van der Waals surface area contributed by atoms with Crippen LogP contribution in [0.1, 0.15) is 25.7 Å². The van der Waals surface area contributed by atoms with Crippen molar-refractivity contribution in [2.24, 2.45) is 0 Å². The van der Waals surface area contributed by atoms with E-state index in [1.165, 1.54) is 7.11 Å². The molecule has 1 rings (SSSR count). The Balaban J connectivity index is 2.68. The largest absolute Gasteiger partial charge is 0.467 e. The van der Waals surface area contributed by atoms with Crippen LogP contribution in [-0.4, -0.2) is 36.5 Å². The first-order valence-corrected chi connectivity index (χ1v) is 5.19. The Labute approximate surface area is 89.9 Å². The smallest absolute Gasteiger partial charge is 0.328 e. The lowest BCUT2D eigenvalue weighted by Crippen LogP contribution is -2.48. The molecule has 1 aliphatic rings. The van der Waals surface area contributed by atoms with Gasteiger partial charge in [0.1, 0.15) is 6.04 Å². The molecule has 0 unspecified atom stereocenters. The van der Waals surface area contributed by atoms with Gasteiger partial charge >= 0.3 is 5.97 Å². The van der Waals surface area contributed by atoms with Gasteiger partial charge < -0.3 is 9.64 Å². The Hall–Kier alpha value is -1.32. The van der Waals surface area contributed by atoms with Gasteiger partial charge in [-0.25, -0.2) is 4.79 Å². The van der Waals surface area contributed by atoms with Crippen LogP contribution >= 0.6 is 0 Å². The van der Waals surface area contributed by atoms with Crippen LogP contribution in [0.25, 0.3) is 0 Å². The number of piperidine rings is 1. The lowest BCUT2D eigenvalue weighted by molar-refractivity contribution is -0.154. The van der Waals surface area contributed by atoms with Crippen LogP contribution in [0.4, 0.5) is 0 Å². The topological polar surface area (TPSA) is 46.6 Å². The van der Waals surface area contributed by atoms with Crippen molar-refractivity contribution < 1.29 is 14.3 Å². The molecule has 4 nitrogen and oxygen atoms in total. The van der Waals surface area contributed by atoms with Gasteiger partial charge in [-0.2, -0.15) is 0 Å². The maximum Gasteiger partial charge on any atom is 0.328 e. The Bertz CT molecular complexity index is 263. The molecule has 1 saturated heterocycles. The molecule has 0 radical (unpaired) electrons. The molecule has 0 aromatic carbocycles. The summed E-state index contributed by atoms with van der Waals surface area (Å²) in [6.45, 7) is 4.17. The number of nitrogens with zero attached hydrogens (tertiary/aromatic N) is 1. The summed E-state index contributed by atoms with van der Waals surface area (Å²) in [6, 6.07) is -0.392. The number of hydrogen-bond donors (Lipinski definition) is 0. The van der Waals surface area contributed by atoms with Crippen LogP contribution in [0, 0.1) is 0 Å². The van der Waals surface area contributed by atoms with Crippen molar-refractivity contribution in [1.29, 1.82) is 0 Å². The summed E-state index contributed by atoms with van der Waals surface area (Å²) in [7, 11) is 1.35. The van der Waals surface area contributed by atoms with Crippen LogP contribution in [0.15, 0.2) is 12.7 Å². The number of methoxy groups -OCH3 is 1. The fourth-order valence-corrected chi connectivity index (χ4v) is 1.85.